The van der Waals surface area contributed by atoms with Crippen LogP contribution in [-0.4, -0.2) is 42.3 Å². The Morgan fingerprint density at radius 3 is 2.78 bits per heavy atom. The Morgan fingerprint density at radius 1 is 1.37 bits per heavy atom. The van der Waals surface area contributed by atoms with Crippen LogP contribution in [0.1, 0.15) is 12.2 Å². The van der Waals surface area contributed by atoms with Gasteiger partial charge in [0.15, 0.2) is 11.6 Å². The van der Waals surface area contributed by atoms with Crippen LogP contribution < -0.4 is 10.5 Å². The van der Waals surface area contributed by atoms with Crippen molar-refractivity contribution in [2.45, 2.75) is 18.9 Å². The van der Waals surface area contributed by atoms with Gasteiger partial charge in [-0.15, -0.1) is 15.0 Å². The van der Waals surface area contributed by atoms with Gasteiger partial charge in [-0.25, -0.2) is 9.37 Å². The number of halogens is 2. The first-order valence-electron chi connectivity index (χ1n) is 7.76. The van der Waals surface area contributed by atoms with Crippen LogP contribution in [0, 0.1) is 5.82 Å². The van der Waals surface area contributed by atoms with Crippen LogP contribution in [0.25, 0.3) is 5.69 Å². The highest BCUT2D eigenvalue weighted by atomic mass is 35.5. The third-order valence-corrected chi connectivity index (χ3v) is 3.60. The fourth-order valence-corrected chi connectivity index (χ4v) is 2.35. The lowest BCUT2D eigenvalue weighted by Crippen LogP contribution is -2.26. The van der Waals surface area contributed by atoms with Crippen molar-refractivity contribution in [3.63, 3.8) is 0 Å². The number of pyridine rings is 1. The van der Waals surface area contributed by atoms with Gasteiger partial charge >= 0.3 is 5.97 Å². The van der Waals surface area contributed by atoms with Crippen LogP contribution in [0.2, 0.25) is 5.02 Å². The Hall–Kier alpha value is -3.11. The van der Waals surface area contributed by atoms with Gasteiger partial charge in [0, 0.05) is 18.7 Å². The van der Waals surface area contributed by atoms with E-state index in [1.807, 2.05) is 0 Å². The summed E-state index contributed by atoms with van der Waals surface area (Å²) in [7, 11) is 0. The van der Waals surface area contributed by atoms with Gasteiger partial charge in [0.25, 0.3) is 5.88 Å². The smallest absolute Gasteiger partial charge is 0.304 e. The molecule has 3 rings (SSSR count). The maximum atomic E-state index is 13.7. The first kappa shape index (κ1) is 18.7. The maximum Gasteiger partial charge on any atom is 0.304 e. The molecule has 0 amide bonds. The molecule has 0 fully saturated rings. The van der Waals surface area contributed by atoms with Crippen LogP contribution in [-0.2, 0) is 11.2 Å². The third kappa shape index (κ3) is 4.96. The molecule has 27 heavy (non-hydrogen) atoms. The number of carboxylic acid groups (broad SMARTS) is 1. The van der Waals surface area contributed by atoms with E-state index in [-0.39, 0.29) is 23.7 Å². The molecular formula is C16H14ClFN6O3. The van der Waals surface area contributed by atoms with E-state index in [9.17, 15) is 9.18 Å². The van der Waals surface area contributed by atoms with Gasteiger partial charge in [-0.05, 0) is 35.5 Å². The van der Waals surface area contributed by atoms with Crippen LogP contribution >= 0.6 is 11.6 Å². The molecule has 140 valence electrons. The van der Waals surface area contributed by atoms with E-state index in [2.05, 4.69) is 20.4 Å². The van der Waals surface area contributed by atoms with Crippen LogP contribution in [0.5, 0.6) is 11.6 Å². The van der Waals surface area contributed by atoms with E-state index < -0.39 is 17.8 Å². The van der Waals surface area contributed by atoms with Gasteiger partial charge in [0.2, 0.25) is 0 Å². The Morgan fingerprint density at radius 2 is 2.11 bits per heavy atom. The Bertz CT molecular complexity index is 950. The van der Waals surface area contributed by atoms with Crippen LogP contribution in [0.15, 0.2) is 36.5 Å². The number of aliphatic carboxylic acids is 1. The molecule has 1 aromatic carbocycles. The summed E-state index contributed by atoms with van der Waals surface area (Å²) >= 11 is 5.65. The molecule has 1 atom stereocenters. The van der Waals surface area contributed by atoms with Gasteiger partial charge in [-0.3, -0.25) is 4.79 Å². The van der Waals surface area contributed by atoms with Crippen molar-refractivity contribution in [3.05, 3.63) is 53.2 Å². The lowest BCUT2D eigenvalue weighted by molar-refractivity contribution is -0.137. The first-order chi connectivity index (χ1) is 12.9. The molecule has 2 aromatic heterocycles. The highest BCUT2D eigenvalue weighted by molar-refractivity contribution is 6.30. The predicted octanol–water partition coefficient (Wildman–Crippen LogP) is 1.99. The number of nitrogens with two attached hydrogens (primary N) is 1. The summed E-state index contributed by atoms with van der Waals surface area (Å²) in [4.78, 5) is 15.7. The Balaban J connectivity index is 1.67. The normalized spacial score (nSPS) is 12.0. The number of tetrazole rings is 1. The number of ether oxygens (including phenoxy) is 1. The average molecular weight is 393 g/mol. The van der Waals surface area contributed by atoms with E-state index in [1.54, 1.807) is 24.3 Å². The van der Waals surface area contributed by atoms with Gasteiger partial charge in [0.1, 0.15) is 5.75 Å². The maximum absolute atomic E-state index is 13.7. The first-order valence-corrected chi connectivity index (χ1v) is 8.14. The highest BCUT2D eigenvalue weighted by Gasteiger charge is 2.13. The zero-order chi connectivity index (χ0) is 19.4. The summed E-state index contributed by atoms with van der Waals surface area (Å²) < 4.78 is 19.1. The summed E-state index contributed by atoms with van der Waals surface area (Å²) in [6, 6.07) is 6.97. The molecule has 0 aliphatic heterocycles. The van der Waals surface area contributed by atoms with E-state index in [0.29, 0.717) is 17.3 Å². The Kier molecular flexibility index (Phi) is 5.57. The fourth-order valence-electron chi connectivity index (χ4n) is 2.20. The molecule has 0 saturated heterocycles. The minimum absolute atomic E-state index is 0.173. The number of benzene rings is 1. The minimum Gasteiger partial charge on any atom is -0.481 e. The molecular weight excluding hydrogens is 379 g/mol. The van der Waals surface area contributed by atoms with Gasteiger partial charge in [0.05, 0.1) is 17.1 Å². The molecule has 3 aromatic rings. The number of nitrogens with zero attached hydrogens (tertiary/aromatic N) is 5. The summed E-state index contributed by atoms with van der Waals surface area (Å²) in [5, 5.41) is 20.8. The molecule has 9 nitrogen and oxygen atoms in total. The zero-order valence-corrected chi connectivity index (χ0v) is 14.5. The van der Waals surface area contributed by atoms with Gasteiger partial charge in [-0.1, -0.05) is 11.6 Å². The third-order valence-electron chi connectivity index (χ3n) is 3.39. The van der Waals surface area contributed by atoms with Crippen molar-refractivity contribution >= 4 is 17.6 Å². The molecule has 1 unspecified atom stereocenters. The molecule has 0 saturated carbocycles. The standard InChI is InChI=1S/C16H14ClFN6O3/c17-9-5-13(18)16(20-8-9)27-12-3-1-11(2-4-12)24-22-14(21-23-24)6-10(19)7-15(25)26/h1-5,8,10H,6-7,19H2,(H,25,26). The minimum atomic E-state index is -0.989. The van der Waals surface area contributed by atoms with E-state index in [4.69, 9.17) is 27.2 Å². The van der Waals surface area contributed by atoms with E-state index in [0.717, 1.165) is 6.07 Å². The van der Waals surface area contributed by atoms with Crippen LogP contribution in [0.4, 0.5) is 4.39 Å². The zero-order valence-electron chi connectivity index (χ0n) is 13.8. The number of carbonyl (C=O) groups is 1. The molecule has 11 heteroatoms. The predicted molar refractivity (Wildman–Crippen MR) is 92.4 cm³/mol. The Labute approximate surface area is 157 Å². The quantitative estimate of drug-likeness (QED) is 0.624. The fraction of sp³-hybridized carbons (Fsp3) is 0.188. The molecule has 0 bridgehead atoms. The second-order valence-corrected chi connectivity index (χ2v) is 6.03. The largest absolute Gasteiger partial charge is 0.481 e. The number of hydrogen-bond acceptors (Lipinski definition) is 7. The molecule has 0 radical (unpaired) electrons. The molecule has 0 aliphatic rings. The summed E-state index contributed by atoms with van der Waals surface area (Å²) in [6.07, 6.45) is 1.29. The lowest BCUT2D eigenvalue weighted by Gasteiger charge is -2.06. The molecule has 0 spiro atoms. The van der Waals surface area contributed by atoms with Gasteiger partial charge < -0.3 is 15.6 Å². The molecule has 2 heterocycles. The summed E-state index contributed by atoms with van der Waals surface area (Å²) in [6.45, 7) is 0. The monoisotopic (exact) mass is 392 g/mol. The highest BCUT2D eigenvalue weighted by Crippen LogP contribution is 2.24. The summed E-state index contributed by atoms with van der Waals surface area (Å²) in [5.41, 5.74) is 6.29. The topological polar surface area (TPSA) is 129 Å². The molecule has 0 aliphatic carbocycles. The number of carboxylic acids is 1. The van der Waals surface area contributed by atoms with Crippen molar-refractivity contribution in [3.8, 4) is 17.3 Å². The van der Waals surface area contributed by atoms with E-state index >= 15 is 0 Å². The lowest BCUT2D eigenvalue weighted by atomic mass is 10.1. The van der Waals surface area contributed by atoms with Crippen molar-refractivity contribution < 1.29 is 19.0 Å². The van der Waals surface area contributed by atoms with Crippen molar-refractivity contribution in [2.75, 3.05) is 0 Å². The van der Waals surface area contributed by atoms with Crippen molar-refractivity contribution in [1.29, 1.82) is 0 Å². The van der Waals surface area contributed by atoms with Crippen molar-refractivity contribution in [2.24, 2.45) is 5.73 Å². The number of hydrogen-bond donors (Lipinski definition) is 2. The number of rotatable bonds is 7. The number of aromatic nitrogens is 5. The second kappa shape index (κ2) is 8.06. The SMILES string of the molecule is NC(CC(=O)O)Cc1nnn(-c2ccc(Oc3ncc(Cl)cc3F)cc2)n1. The van der Waals surface area contributed by atoms with Gasteiger partial charge in [-0.2, -0.15) is 0 Å². The van der Waals surface area contributed by atoms with Crippen LogP contribution in [0.3, 0.4) is 0 Å². The average Bonchev–Trinajstić information content (AvgIpc) is 3.05. The second-order valence-electron chi connectivity index (χ2n) is 5.59. The molecule has 3 N–H and O–H groups in total. The summed E-state index contributed by atoms with van der Waals surface area (Å²) in [5.74, 6) is -1.17. The van der Waals surface area contributed by atoms with E-state index in [1.165, 1.54) is 11.0 Å². The van der Waals surface area contributed by atoms with Crippen molar-refractivity contribution in [1.82, 2.24) is 25.2 Å².